The van der Waals surface area contributed by atoms with Crippen molar-refractivity contribution in [3.8, 4) is 0 Å². The van der Waals surface area contributed by atoms with Gasteiger partial charge in [0.15, 0.2) is 0 Å². The van der Waals surface area contributed by atoms with Crippen molar-refractivity contribution >= 4 is 17.5 Å². The summed E-state index contributed by atoms with van der Waals surface area (Å²) >= 11 is 0. The van der Waals surface area contributed by atoms with Crippen LogP contribution in [0.4, 0.5) is 5.69 Å². The number of benzene rings is 1. The van der Waals surface area contributed by atoms with Gasteiger partial charge in [-0.2, -0.15) is 0 Å². The van der Waals surface area contributed by atoms with Gasteiger partial charge in [-0.15, -0.1) is 0 Å². The van der Waals surface area contributed by atoms with Gasteiger partial charge in [-0.05, 0) is 54.2 Å². The van der Waals surface area contributed by atoms with E-state index in [9.17, 15) is 9.59 Å². The van der Waals surface area contributed by atoms with Gasteiger partial charge in [-0.3, -0.25) is 14.6 Å². The summed E-state index contributed by atoms with van der Waals surface area (Å²) in [7, 11) is 0. The molecule has 0 bridgehead atoms. The number of rotatable bonds is 5. The molecule has 1 heterocycles. The molecule has 0 saturated heterocycles. The van der Waals surface area contributed by atoms with Gasteiger partial charge in [0.25, 0.3) is 5.91 Å². The van der Waals surface area contributed by atoms with Gasteiger partial charge in [0, 0.05) is 37.1 Å². The highest BCUT2D eigenvalue weighted by Crippen LogP contribution is 2.39. The van der Waals surface area contributed by atoms with Crippen molar-refractivity contribution in [2.75, 3.05) is 5.32 Å². The van der Waals surface area contributed by atoms with Gasteiger partial charge in [0.1, 0.15) is 0 Å². The first-order valence-corrected chi connectivity index (χ1v) is 7.71. The Kier molecular flexibility index (Phi) is 4.37. The number of nitrogens with zero attached hydrogens (tertiary/aromatic N) is 1. The van der Waals surface area contributed by atoms with Gasteiger partial charge in [-0.1, -0.05) is 6.07 Å². The molecular weight excluding hydrogens is 290 g/mol. The minimum atomic E-state index is -0.142. The van der Waals surface area contributed by atoms with Crippen molar-refractivity contribution in [3.63, 3.8) is 0 Å². The fraction of sp³-hybridized carbons (Fsp3) is 0.278. The first-order chi connectivity index (χ1) is 11.1. The maximum absolute atomic E-state index is 12.2. The third-order valence-electron chi connectivity index (χ3n) is 3.79. The average molecular weight is 309 g/mol. The number of anilines is 1. The van der Waals surface area contributed by atoms with Crippen molar-refractivity contribution in [3.05, 3.63) is 59.4 Å². The van der Waals surface area contributed by atoms with Crippen LogP contribution in [0.3, 0.4) is 0 Å². The Morgan fingerprint density at radius 3 is 2.57 bits per heavy atom. The highest BCUT2D eigenvalue weighted by Gasteiger charge is 2.23. The summed E-state index contributed by atoms with van der Waals surface area (Å²) in [4.78, 5) is 27.4. The van der Waals surface area contributed by atoms with Crippen molar-refractivity contribution in [1.82, 2.24) is 10.3 Å². The van der Waals surface area contributed by atoms with Crippen LogP contribution < -0.4 is 10.6 Å². The molecule has 2 N–H and O–H groups in total. The Morgan fingerprint density at radius 2 is 1.91 bits per heavy atom. The summed E-state index contributed by atoms with van der Waals surface area (Å²) < 4.78 is 0. The predicted octanol–water partition coefficient (Wildman–Crippen LogP) is 2.85. The van der Waals surface area contributed by atoms with Crippen LogP contribution >= 0.6 is 0 Å². The first-order valence-electron chi connectivity index (χ1n) is 7.71. The Balaban J connectivity index is 1.58. The lowest BCUT2D eigenvalue weighted by Crippen LogP contribution is -2.22. The van der Waals surface area contributed by atoms with E-state index in [-0.39, 0.29) is 11.8 Å². The second-order valence-electron chi connectivity index (χ2n) is 5.84. The zero-order valence-electron chi connectivity index (χ0n) is 13.0. The number of amides is 2. The summed E-state index contributed by atoms with van der Waals surface area (Å²) in [6, 6.07) is 8.93. The molecule has 0 spiro atoms. The minimum Gasteiger partial charge on any atom is -0.348 e. The third kappa shape index (κ3) is 4.16. The smallest absolute Gasteiger partial charge is 0.251 e. The second-order valence-corrected chi connectivity index (χ2v) is 5.84. The van der Waals surface area contributed by atoms with Crippen molar-refractivity contribution in [1.29, 1.82) is 0 Å². The Labute approximate surface area is 135 Å². The van der Waals surface area contributed by atoms with Crippen LogP contribution in [0, 0.1) is 0 Å². The Bertz CT molecular complexity index is 721. The van der Waals surface area contributed by atoms with Crippen LogP contribution in [0.25, 0.3) is 0 Å². The lowest BCUT2D eigenvalue weighted by molar-refractivity contribution is -0.114. The molecule has 1 aromatic heterocycles. The molecule has 5 nitrogen and oxygen atoms in total. The minimum absolute atomic E-state index is 0.134. The predicted molar refractivity (Wildman–Crippen MR) is 88.1 cm³/mol. The molecule has 1 fully saturated rings. The highest BCUT2D eigenvalue weighted by atomic mass is 16.2. The van der Waals surface area contributed by atoms with E-state index in [1.54, 1.807) is 30.5 Å². The summed E-state index contributed by atoms with van der Waals surface area (Å²) in [5, 5.41) is 5.57. The fourth-order valence-electron chi connectivity index (χ4n) is 2.44. The molecule has 23 heavy (non-hydrogen) atoms. The molecule has 118 valence electrons. The summed E-state index contributed by atoms with van der Waals surface area (Å²) in [6.45, 7) is 1.91. The van der Waals surface area contributed by atoms with Crippen LogP contribution in [-0.4, -0.2) is 16.8 Å². The molecule has 1 aromatic carbocycles. The number of hydrogen-bond donors (Lipinski definition) is 2. The first kappa shape index (κ1) is 15.2. The SMILES string of the molecule is CC(=O)Nc1ccc(C(=O)NCc2cncc(C3CC3)c2)cc1. The lowest BCUT2D eigenvalue weighted by Gasteiger charge is -2.07. The van der Waals surface area contributed by atoms with Gasteiger partial charge in [0.05, 0.1) is 0 Å². The van der Waals surface area contributed by atoms with E-state index in [0.717, 1.165) is 5.56 Å². The molecule has 2 aromatic rings. The molecule has 5 heteroatoms. The molecule has 0 aliphatic heterocycles. The molecule has 1 saturated carbocycles. The highest BCUT2D eigenvalue weighted by molar-refractivity contribution is 5.95. The monoisotopic (exact) mass is 309 g/mol. The number of aromatic nitrogens is 1. The Morgan fingerprint density at radius 1 is 1.17 bits per heavy atom. The van der Waals surface area contributed by atoms with Gasteiger partial charge in [-0.25, -0.2) is 0 Å². The normalized spacial score (nSPS) is 13.4. The van der Waals surface area contributed by atoms with E-state index < -0.39 is 0 Å². The van der Waals surface area contributed by atoms with Crippen molar-refractivity contribution in [2.45, 2.75) is 32.2 Å². The standard InChI is InChI=1S/C18H19N3O2/c1-12(22)21-17-6-4-15(5-7-17)18(23)20-10-13-8-16(11-19-9-13)14-2-3-14/h4-9,11,14H,2-3,10H2,1H3,(H,20,23)(H,21,22). The molecule has 1 aliphatic carbocycles. The van der Waals surface area contributed by atoms with E-state index in [1.165, 1.54) is 25.3 Å². The van der Waals surface area contributed by atoms with Crippen LogP contribution in [0.2, 0.25) is 0 Å². The number of carbonyl (C=O) groups excluding carboxylic acids is 2. The topological polar surface area (TPSA) is 71.1 Å². The molecule has 2 amide bonds. The summed E-state index contributed by atoms with van der Waals surface area (Å²) in [5.41, 5.74) is 3.51. The molecule has 1 aliphatic rings. The quantitative estimate of drug-likeness (QED) is 0.892. The van der Waals surface area contributed by atoms with Crippen LogP contribution in [0.15, 0.2) is 42.7 Å². The number of nitrogens with one attached hydrogen (secondary N) is 2. The van der Waals surface area contributed by atoms with E-state index >= 15 is 0 Å². The van der Waals surface area contributed by atoms with E-state index in [1.807, 2.05) is 6.20 Å². The average Bonchev–Trinajstić information content (AvgIpc) is 3.38. The van der Waals surface area contributed by atoms with E-state index in [0.29, 0.717) is 23.7 Å². The fourth-order valence-corrected chi connectivity index (χ4v) is 2.44. The lowest BCUT2D eigenvalue weighted by atomic mass is 10.1. The zero-order chi connectivity index (χ0) is 16.2. The van der Waals surface area contributed by atoms with E-state index in [4.69, 9.17) is 0 Å². The van der Waals surface area contributed by atoms with Gasteiger partial charge < -0.3 is 10.6 Å². The van der Waals surface area contributed by atoms with E-state index in [2.05, 4.69) is 21.7 Å². The summed E-state index contributed by atoms with van der Waals surface area (Å²) in [5.74, 6) is 0.376. The molecule has 0 atom stereocenters. The molecular formula is C18H19N3O2. The molecule has 3 rings (SSSR count). The largest absolute Gasteiger partial charge is 0.348 e. The number of pyridine rings is 1. The molecule has 0 unspecified atom stereocenters. The summed E-state index contributed by atoms with van der Waals surface area (Å²) in [6.07, 6.45) is 6.16. The van der Waals surface area contributed by atoms with Crippen LogP contribution in [-0.2, 0) is 11.3 Å². The van der Waals surface area contributed by atoms with Gasteiger partial charge >= 0.3 is 0 Å². The van der Waals surface area contributed by atoms with Gasteiger partial charge in [0.2, 0.25) is 5.91 Å². The maximum atomic E-state index is 12.2. The number of carbonyl (C=O) groups is 2. The molecule has 0 radical (unpaired) electrons. The third-order valence-corrected chi connectivity index (χ3v) is 3.79. The van der Waals surface area contributed by atoms with Crippen LogP contribution in [0.5, 0.6) is 0 Å². The second kappa shape index (κ2) is 6.60. The van der Waals surface area contributed by atoms with Crippen LogP contribution in [0.1, 0.15) is 47.2 Å². The number of hydrogen-bond acceptors (Lipinski definition) is 3. The maximum Gasteiger partial charge on any atom is 0.251 e. The van der Waals surface area contributed by atoms with Crippen molar-refractivity contribution in [2.24, 2.45) is 0 Å². The zero-order valence-corrected chi connectivity index (χ0v) is 13.0. The Hall–Kier alpha value is -2.69. The van der Waals surface area contributed by atoms with Crippen molar-refractivity contribution < 1.29 is 9.59 Å².